The Morgan fingerprint density at radius 1 is 1.29 bits per heavy atom. The number of nitrogens with zero attached hydrogens (tertiary/aromatic N) is 1. The number of nitriles is 1. The van der Waals surface area contributed by atoms with Crippen molar-refractivity contribution in [2.24, 2.45) is 0 Å². The molecule has 108 valence electrons. The maximum absolute atomic E-state index is 9.34. The summed E-state index contributed by atoms with van der Waals surface area (Å²) < 4.78 is 12.6. The molecule has 0 radical (unpaired) electrons. The van der Waals surface area contributed by atoms with Gasteiger partial charge >= 0.3 is 7.12 Å². The van der Waals surface area contributed by atoms with Crippen LogP contribution in [0.2, 0.25) is 0 Å². The zero-order chi connectivity index (χ0) is 15.0. The van der Waals surface area contributed by atoms with Crippen LogP contribution >= 0.6 is 11.3 Å². The predicted molar refractivity (Wildman–Crippen MR) is 80.2 cm³/mol. The van der Waals surface area contributed by atoms with Gasteiger partial charge in [0.25, 0.3) is 0 Å². The molecule has 2 N–H and O–H groups in total. The number of rotatable bonds is 2. The first-order chi connectivity index (χ1) is 10.0. The smallest absolute Gasteiger partial charge is 0.423 e. The second-order valence-electron chi connectivity index (χ2n) is 5.07. The zero-order valence-electron chi connectivity index (χ0n) is 11.5. The summed E-state index contributed by atoms with van der Waals surface area (Å²) in [4.78, 5) is 0. The van der Waals surface area contributed by atoms with E-state index in [0.29, 0.717) is 23.6 Å². The van der Waals surface area contributed by atoms with Crippen LogP contribution in [0.25, 0.3) is 10.1 Å². The fourth-order valence-electron chi connectivity index (χ4n) is 2.45. The standard InChI is InChI=1S/C14H14BNO4S/c1-14(19-3-2-4-20-14)11-5-9-7-12(15(17)18)21-13(9)10(6-11)8-16/h5-7,17-18H,2-4H2,1H3. The van der Waals surface area contributed by atoms with Gasteiger partial charge in [0.1, 0.15) is 6.07 Å². The highest BCUT2D eigenvalue weighted by atomic mass is 32.1. The van der Waals surface area contributed by atoms with Crippen LogP contribution in [0.5, 0.6) is 0 Å². The topological polar surface area (TPSA) is 82.7 Å². The van der Waals surface area contributed by atoms with Crippen LogP contribution in [0.3, 0.4) is 0 Å². The molecule has 7 heteroatoms. The Bertz CT molecular complexity index is 716. The number of ether oxygens (including phenoxy) is 2. The zero-order valence-corrected chi connectivity index (χ0v) is 12.3. The third-order valence-electron chi connectivity index (χ3n) is 3.58. The second kappa shape index (κ2) is 5.41. The molecule has 0 atom stereocenters. The van der Waals surface area contributed by atoms with Gasteiger partial charge in [-0.2, -0.15) is 5.26 Å². The summed E-state index contributed by atoms with van der Waals surface area (Å²) in [6, 6.07) is 7.46. The molecule has 5 nitrogen and oxygen atoms in total. The molecular weight excluding hydrogens is 289 g/mol. The Hall–Kier alpha value is -1.43. The average molecular weight is 303 g/mol. The van der Waals surface area contributed by atoms with Gasteiger partial charge in [-0.05, 0) is 36.9 Å². The molecule has 0 aliphatic carbocycles. The summed E-state index contributed by atoms with van der Waals surface area (Å²) in [6.07, 6.45) is 0.849. The van der Waals surface area contributed by atoms with Crippen LogP contribution in [0.1, 0.15) is 24.5 Å². The van der Waals surface area contributed by atoms with E-state index in [4.69, 9.17) is 9.47 Å². The molecule has 1 aliphatic heterocycles. The molecule has 0 spiro atoms. The van der Waals surface area contributed by atoms with Gasteiger partial charge in [-0.1, -0.05) is 0 Å². The normalized spacial score (nSPS) is 17.6. The fraction of sp³-hybridized carbons (Fsp3) is 0.357. The first-order valence-electron chi connectivity index (χ1n) is 6.65. The Labute approximate surface area is 126 Å². The minimum Gasteiger partial charge on any atom is -0.423 e. The maximum Gasteiger partial charge on any atom is 0.499 e. The van der Waals surface area contributed by atoms with Gasteiger partial charge in [0, 0.05) is 10.3 Å². The van der Waals surface area contributed by atoms with Gasteiger partial charge in [0.05, 0.1) is 23.5 Å². The maximum atomic E-state index is 9.34. The van der Waals surface area contributed by atoms with Gasteiger partial charge in [-0.15, -0.1) is 11.3 Å². The van der Waals surface area contributed by atoms with E-state index in [-0.39, 0.29) is 0 Å². The quantitative estimate of drug-likeness (QED) is 0.811. The molecule has 1 aromatic carbocycles. The molecule has 1 aromatic heterocycles. The number of thiophene rings is 1. The highest BCUT2D eigenvalue weighted by Crippen LogP contribution is 2.34. The van der Waals surface area contributed by atoms with Crippen molar-refractivity contribution in [2.75, 3.05) is 13.2 Å². The molecule has 0 saturated carbocycles. The predicted octanol–water partition coefficient (Wildman–Crippen LogP) is 1.06. The Balaban J connectivity index is 2.14. The lowest BCUT2D eigenvalue weighted by Crippen LogP contribution is -2.34. The van der Waals surface area contributed by atoms with Gasteiger partial charge in [-0.3, -0.25) is 0 Å². The first-order valence-corrected chi connectivity index (χ1v) is 7.47. The fourth-order valence-corrected chi connectivity index (χ4v) is 3.42. The van der Waals surface area contributed by atoms with Crippen molar-refractivity contribution in [3.05, 3.63) is 29.3 Å². The van der Waals surface area contributed by atoms with Gasteiger partial charge in [0.15, 0.2) is 5.79 Å². The lowest BCUT2D eigenvalue weighted by Gasteiger charge is -2.34. The number of hydrogen-bond acceptors (Lipinski definition) is 6. The van der Waals surface area contributed by atoms with E-state index in [1.54, 1.807) is 12.1 Å². The molecule has 3 rings (SSSR count). The third-order valence-corrected chi connectivity index (χ3v) is 4.80. The van der Waals surface area contributed by atoms with Crippen LogP contribution in [-0.2, 0) is 15.3 Å². The van der Waals surface area contributed by atoms with Crippen LogP contribution in [0.4, 0.5) is 0 Å². The second-order valence-corrected chi connectivity index (χ2v) is 6.16. The number of fused-ring (bicyclic) bond motifs is 1. The van der Waals surface area contributed by atoms with E-state index in [1.807, 2.05) is 13.0 Å². The average Bonchev–Trinajstić information content (AvgIpc) is 2.91. The molecular formula is C14H14BNO4S. The van der Waals surface area contributed by atoms with E-state index < -0.39 is 12.9 Å². The van der Waals surface area contributed by atoms with Crippen LogP contribution in [0.15, 0.2) is 18.2 Å². The van der Waals surface area contributed by atoms with Crippen molar-refractivity contribution < 1.29 is 19.5 Å². The Kier molecular flexibility index (Phi) is 3.74. The van der Waals surface area contributed by atoms with Crippen molar-refractivity contribution in [1.82, 2.24) is 0 Å². The van der Waals surface area contributed by atoms with E-state index in [2.05, 4.69) is 6.07 Å². The first kappa shape index (κ1) is 14.5. The van der Waals surface area contributed by atoms with Gasteiger partial charge in [0.2, 0.25) is 0 Å². The molecule has 1 fully saturated rings. The third kappa shape index (κ3) is 2.57. The number of hydrogen-bond donors (Lipinski definition) is 2. The van der Waals surface area contributed by atoms with Gasteiger partial charge in [-0.25, -0.2) is 0 Å². The largest absolute Gasteiger partial charge is 0.499 e. The molecule has 0 amide bonds. The molecule has 1 aliphatic rings. The molecule has 0 unspecified atom stereocenters. The van der Waals surface area contributed by atoms with Crippen molar-refractivity contribution >= 4 is 33.3 Å². The lowest BCUT2D eigenvalue weighted by atomic mass is 9.89. The molecule has 0 bridgehead atoms. The molecule has 21 heavy (non-hydrogen) atoms. The van der Waals surface area contributed by atoms with Crippen LogP contribution in [-0.4, -0.2) is 30.4 Å². The summed E-state index contributed by atoms with van der Waals surface area (Å²) in [7, 11) is -1.53. The summed E-state index contributed by atoms with van der Waals surface area (Å²) in [5.74, 6) is -0.863. The minimum atomic E-state index is -1.53. The van der Waals surface area contributed by atoms with Crippen molar-refractivity contribution in [3.63, 3.8) is 0 Å². The Morgan fingerprint density at radius 2 is 2.00 bits per heavy atom. The van der Waals surface area contributed by atoms with Crippen molar-refractivity contribution in [3.8, 4) is 6.07 Å². The number of benzene rings is 1. The van der Waals surface area contributed by atoms with Crippen molar-refractivity contribution in [2.45, 2.75) is 19.1 Å². The molecule has 2 aromatic rings. The van der Waals surface area contributed by atoms with E-state index in [1.165, 1.54) is 11.3 Å². The summed E-state index contributed by atoms with van der Waals surface area (Å²) in [6.45, 7) is 3.06. The summed E-state index contributed by atoms with van der Waals surface area (Å²) in [5.41, 5.74) is 1.25. The molecule has 1 saturated heterocycles. The van der Waals surface area contributed by atoms with E-state index >= 15 is 0 Å². The summed E-state index contributed by atoms with van der Waals surface area (Å²) >= 11 is 1.21. The monoisotopic (exact) mass is 303 g/mol. The van der Waals surface area contributed by atoms with E-state index in [9.17, 15) is 15.3 Å². The lowest BCUT2D eigenvalue weighted by molar-refractivity contribution is -0.264. The summed E-state index contributed by atoms with van der Waals surface area (Å²) in [5, 5.41) is 28.7. The highest BCUT2D eigenvalue weighted by molar-refractivity contribution is 7.28. The van der Waals surface area contributed by atoms with Crippen molar-refractivity contribution in [1.29, 1.82) is 5.26 Å². The van der Waals surface area contributed by atoms with Crippen LogP contribution in [0, 0.1) is 11.3 Å². The SMILES string of the molecule is CC1(c2cc(C#N)c3sc(B(O)O)cc3c2)OCCCO1. The highest BCUT2D eigenvalue weighted by Gasteiger charge is 2.32. The molecule has 2 heterocycles. The Morgan fingerprint density at radius 3 is 2.62 bits per heavy atom. The minimum absolute atomic E-state index is 0.411. The van der Waals surface area contributed by atoms with Crippen LogP contribution < -0.4 is 4.78 Å². The van der Waals surface area contributed by atoms with Gasteiger partial charge < -0.3 is 19.5 Å². The van der Waals surface area contributed by atoms with E-state index in [0.717, 1.165) is 22.1 Å².